The lowest BCUT2D eigenvalue weighted by Crippen LogP contribution is -2.41. The van der Waals surface area contributed by atoms with Crippen molar-refractivity contribution >= 4 is 24.2 Å². The van der Waals surface area contributed by atoms with E-state index in [1.165, 1.54) is 0 Å². The van der Waals surface area contributed by atoms with E-state index in [4.69, 9.17) is 15.5 Å². The second-order valence-corrected chi connectivity index (χ2v) is 9.46. The van der Waals surface area contributed by atoms with Gasteiger partial charge in [-0.15, -0.1) is 6.42 Å². The van der Waals surface area contributed by atoms with Gasteiger partial charge in [-0.3, -0.25) is 9.36 Å². The lowest BCUT2D eigenvalue weighted by atomic mass is 9.81. The van der Waals surface area contributed by atoms with Crippen molar-refractivity contribution in [3.63, 3.8) is 0 Å². The second kappa shape index (κ2) is 8.21. The van der Waals surface area contributed by atoms with Crippen LogP contribution in [0.5, 0.6) is 0 Å². The average Bonchev–Trinajstić information content (AvgIpc) is 3.07. The first-order chi connectivity index (χ1) is 13.4. The summed E-state index contributed by atoms with van der Waals surface area (Å²) in [7, 11) is -3.77. The summed E-state index contributed by atoms with van der Waals surface area (Å²) in [5.74, 6) is 2.01. The number of ketones is 1. The molecule has 1 fully saturated rings. The Labute approximate surface area is 167 Å². The minimum Gasteiger partial charge on any atom is -0.308 e. The van der Waals surface area contributed by atoms with E-state index < -0.39 is 18.7 Å². The summed E-state index contributed by atoms with van der Waals surface area (Å²) in [4.78, 5) is 13.2. The van der Waals surface area contributed by atoms with Crippen LogP contribution in [0.4, 0.5) is 0 Å². The van der Waals surface area contributed by atoms with Gasteiger partial charge < -0.3 is 9.05 Å². The van der Waals surface area contributed by atoms with Crippen LogP contribution in [0.3, 0.4) is 0 Å². The van der Waals surface area contributed by atoms with E-state index in [9.17, 15) is 9.36 Å². The summed E-state index contributed by atoms with van der Waals surface area (Å²) in [5.41, 5.74) is 1.96. The Morgan fingerprint density at radius 1 is 1.14 bits per heavy atom. The topological polar surface area (TPSA) is 52.6 Å². The maximum absolute atomic E-state index is 14.0. The maximum Gasteiger partial charge on any atom is 0.345 e. The van der Waals surface area contributed by atoms with Gasteiger partial charge in [0, 0.05) is 6.42 Å². The number of benzene rings is 2. The first kappa shape index (κ1) is 20.8. The molecule has 1 aliphatic rings. The smallest absolute Gasteiger partial charge is 0.308 e. The molecule has 4 nitrogen and oxygen atoms in total. The molecule has 2 aromatic rings. The van der Waals surface area contributed by atoms with E-state index in [1.807, 2.05) is 43.3 Å². The Morgan fingerprint density at radius 2 is 1.79 bits per heavy atom. The predicted octanol–water partition coefficient (Wildman–Crippen LogP) is 5.62. The third kappa shape index (κ3) is 3.12. The molecule has 0 amide bonds. The first-order valence-corrected chi connectivity index (χ1v) is 11.4. The molecule has 0 bridgehead atoms. The largest absolute Gasteiger partial charge is 0.345 e. The van der Waals surface area contributed by atoms with Crippen LogP contribution in [0.1, 0.15) is 50.2 Å². The molecule has 0 heterocycles. The van der Waals surface area contributed by atoms with E-state index in [-0.39, 0.29) is 19.0 Å². The molecule has 2 aromatic carbocycles. The van der Waals surface area contributed by atoms with Gasteiger partial charge in [0.2, 0.25) is 0 Å². The standard InChI is InChI=1S/C23H27O4P/c1-5-21(20-15-14-17(4)18-11-8-9-12-19(18)20)23(16-10-13-22(23)24)28(25,26-6-2)27-7-3/h1,8-9,11-12,14-15,21H,6-7,10,13,16H2,2-4H3/t21-,23+/m1/s1. The molecule has 5 heteroatoms. The fourth-order valence-electron chi connectivity index (χ4n) is 4.44. The molecular weight excluding hydrogens is 371 g/mol. The summed E-state index contributed by atoms with van der Waals surface area (Å²) < 4.78 is 25.3. The SMILES string of the molecule is C#C[C@H](c1ccc(C)c2ccccc12)[C@@]1(P(=O)(OCC)OCC)CCCC1=O. The molecule has 2 atom stereocenters. The van der Waals surface area contributed by atoms with Crippen molar-refractivity contribution in [2.45, 2.75) is 51.1 Å². The van der Waals surface area contributed by atoms with E-state index in [2.05, 4.69) is 5.92 Å². The highest BCUT2D eigenvalue weighted by molar-refractivity contribution is 7.57. The van der Waals surface area contributed by atoms with Gasteiger partial charge >= 0.3 is 7.60 Å². The normalized spacial score (nSPS) is 21.0. The van der Waals surface area contributed by atoms with E-state index >= 15 is 0 Å². The van der Waals surface area contributed by atoms with Crippen molar-refractivity contribution in [3.8, 4) is 12.3 Å². The Kier molecular flexibility index (Phi) is 6.10. The number of hydrogen-bond acceptors (Lipinski definition) is 4. The van der Waals surface area contributed by atoms with Gasteiger partial charge in [0.1, 0.15) is 5.16 Å². The van der Waals surface area contributed by atoms with Crippen molar-refractivity contribution in [2.24, 2.45) is 0 Å². The van der Waals surface area contributed by atoms with Crippen LogP contribution >= 0.6 is 7.60 Å². The highest BCUT2D eigenvalue weighted by Gasteiger charge is 2.62. The van der Waals surface area contributed by atoms with Gasteiger partial charge in [-0.1, -0.05) is 42.3 Å². The van der Waals surface area contributed by atoms with E-state index in [0.717, 1.165) is 21.9 Å². The first-order valence-electron chi connectivity index (χ1n) is 9.82. The predicted molar refractivity (Wildman–Crippen MR) is 113 cm³/mol. The zero-order valence-electron chi connectivity index (χ0n) is 16.7. The third-order valence-corrected chi connectivity index (χ3v) is 8.57. The van der Waals surface area contributed by atoms with Crippen molar-refractivity contribution in [2.75, 3.05) is 13.2 Å². The number of hydrogen-bond donors (Lipinski definition) is 0. The molecule has 1 aliphatic carbocycles. The molecule has 1 saturated carbocycles. The Bertz CT molecular complexity index is 964. The summed E-state index contributed by atoms with van der Waals surface area (Å²) in [6.07, 6.45) is 7.39. The molecule has 0 aliphatic heterocycles. The summed E-state index contributed by atoms with van der Waals surface area (Å²) >= 11 is 0. The van der Waals surface area contributed by atoms with Gasteiger partial charge in [-0.25, -0.2) is 0 Å². The molecule has 0 radical (unpaired) electrons. The van der Waals surface area contributed by atoms with Crippen LogP contribution in [0.25, 0.3) is 10.8 Å². The highest BCUT2D eigenvalue weighted by Crippen LogP contribution is 2.69. The highest BCUT2D eigenvalue weighted by atomic mass is 31.2. The van der Waals surface area contributed by atoms with Crippen LogP contribution in [-0.4, -0.2) is 24.2 Å². The number of carbonyl (C=O) groups is 1. The number of carbonyl (C=O) groups excluding carboxylic acids is 1. The van der Waals surface area contributed by atoms with Crippen LogP contribution in [0, 0.1) is 19.3 Å². The Hall–Kier alpha value is -1.92. The van der Waals surface area contributed by atoms with Gasteiger partial charge in [-0.05, 0) is 55.5 Å². The fourth-order valence-corrected chi connectivity index (χ4v) is 7.04. The minimum absolute atomic E-state index is 0.120. The number of fused-ring (bicyclic) bond motifs is 1. The molecule has 0 saturated heterocycles. The average molecular weight is 398 g/mol. The number of terminal acetylenes is 1. The van der Waals surface area contributed by atoms with Crippen LogP contribution < -0.4 is 0 Å². The van der Waals surface area contributed by atoms with Crippen LogP contribution in [0.2, 0.25) is 0 Å². The van der Waals surface area contributed by atoms with Crippen molar-refractivity contribution in [1.82, 2.24) is 0 Å². The van der Waals surface area contributed by atoms with Crippen LogP contribution in [0.15, 0.2) is 36.4 Å². The summed E-state index contributed by atoms with van der Waals surface area (Å²) in [6, 6.07) is 11.9. The Morgan fingerprint density at radius 3 is 2.32 bits per heavy atom. The van der Waals surface area contributed by atoms with Gasteiger partial charge in [0.25, 0.3) is 0 Å². The maximum atomic E-state index is 14.0. The summed E-state index contributed by atoms with van der Waals surface area (Å²) in [6.45, 7) is 5.94. The number of aryl methyl sites for hydroxylation is 1. The zero-order chi connectivity index (χ0) is 20.4. The van der Waals surface area contributed by atoms with E-state index in [0.29, 0.717) is 19.3 Å². The molecule has 0 spiro atoms. The molecule has 3 rings (SSSR count). The molecule has 0 aromatic heterocycles. The van der Waals surface area contributed by atoms with Gasteiger partial charge in [0.15, 0.2) is 5.78 Å². The lowest BCUT2D eigenvalue weighted by Gasteiger charge is -2.38. The van der Waals surface area contributed by atoms with Gasteiger partial charge in [-0.2, -0.15) is 0 Å². The molecule has 0 unspecified atom stereocenters. The van der Waals surface area contributed by atoms with Crippen LogP contribution in [-0.2, 0) is 18.4 Å². The lowest BCUT2D eigenvalue weighted by molar-refractivity contribution is -0.120. The summed E-state index contributed by atoms with van der Waals surface area (Å²) in [5, 5.41) is 0.707. The van der Waals surface area contributed by atoms with Crippen molar-refractivity contribution < 1.29 is 18.4 Å². The fraction of sp³-hybridized carbons (Fsp3) is 0.435. The van der Waals surface area contributed by atoms with E-state index in [1.54, 1.807) is 13.8 Å². The third-order valence-electron chi connectivity index (χ3n) is 5.66. The molecule has 0 N–H and O–H groups in total. The molecule has 28 heavy (non-hydrogen) atoms. The van der Waals surface area contributed by atoms with Gasteiger partial charge in [0.05, 0.1) is 19.1 Å². The molecule has 148 valence electrons. The zero-order valence-corrected chi connectivity index (χ0v) is 17.6. The second-order valence-electron chi connectivity index (χ2n) is 7.15. The van der Waals surface area contributed by atoms with Crippen molar-refractivity contribution in [1.29, 1.82) is 0 Å². The number of Topliss-reactive ketones (excluding diaryl/α,β-unsaturated/α-hetero) is 1. The number of rotatable bonds is 7. The molecular formula is C23H27O4P. The monoisotopic (exact) mass is 398 g/mol. The van der Waals surface area contributed by atoms with Crippen molar-refractivity contribution in [3.05, 3.63) is 47.5 Å². The minimum atomic E-state index is -3.77. The quantitative estimate of drug-likeness (QED) is 0.448. The Balaban J connectivity index is 2.29.